The fourth-order valence-electron chi connectivity index (χ4n) is 12.9. The summed E-state index contributed by atoms with van der Waals surface area (Å²) in [6.07, 6.45) is 0. The van der Waals surface area contributed by atoms with E-state index in [1.807, 2.05) is 0 Å². The third-order valence-corrected chi connectivity index (χ3v) is 15.9. The summed E-state index contributed by atoms with van der Waals surface area (Å²) >= 11 is 0. The van der Waals surface area contributed by atoms with Gasteiger partial charge >= 0.3 is 0 Å². The highest BCUT2D eigenvalue weighted by Gasteiger charge is 2.50. The molecule has 10 aromatic carbocycles. The molecule has 0 atom stereocenters. The fourth-order valence-corrected chi connectivity index (χ4v) is 12.9. The predicted octanol–water partition coefficient (Wildman–Crippen LogP) is 12.7. The number of benzene rings is 10. The second-order valence-corrected chi connectivity index (χ2v) is 20.8. The molecule has 0 aliphatic carbocycles. The molecule has 6 heterocycles. The molecule has 6 nitrogen and oxygen atoms in total. The smallest absolute Gasteiger partial charge is 0.261 e. The van der Waals surface area contributed by atoms with Crippen molar-refractivity contribution in [2.24, 2.45) is 0 Å². The maximum absolute atomic E-state index is 7.67. The van der Waals surface area contributed by atoms with Gasteiger partial charge in [-0.05, 0) is 141 Å². The van der Waals surface area contributed by atoms with Crippen LogP contribution in [0.1, 0.15) is 26.3 Å². The minimum absolute atomic E-state index is 0.148. The van der Waals surface area contributed by atoms with E-state index in [9.17, 15) is 0 Å². The van der Waals surface area contributed by atoms with Gasteiger partial charge in [-0.15, -0.1) is 0 Å². The van der Waals surface area contributed by atoms with Gasteiger partial charge in [0, 0.05) is 68.0 Å². The van der Waals surface area contributed by atoms with E-state index in [-0.39, 0.29) is 18.8 Å². The van der Waals surface area contributed by atoms with E-state index < -0.39 is 0 Å². The van der Waals surface area contributed by atoms with Crippen LogP contribution in [0.15, 0.2) is 212 Å². The van der Waals surface area contributed by atoms with Crippen molar-refractivity contribution < 1.29 is 9.47 Å². The molecule has 0 spiro atoms. The van der Waals surface area contributed by atoms with Crippen molar-refractivity contribution in [1.29, 1.82) is 0 Å². The second-order valence-electron chi connectivity index (χ2n) is 20.8. The molecule has 0 radical (unpaired) electrons. The average molecular weight is 923 g/mol. The summed E-state index contributed by atoms with van der Waals surface area (Å²) in [5.41, 5.74) is 21.4. The monoisotopic (exact) mass is 922 g/mol. The molecule has 338 valence electrons. The summed E-state index contributed by atoms with van der Waals surface area (Å²) in [4.78, 5) is 7.41. The first-order chi connectivity index (χ1) is 35.4. The number of ether oxygens (including phenoxy) is 2. The largest absolute Gasteiger partial charge is 0.458 e. The molecule has 0 saturated carbocycles. The molecule has 11 aromatic rings. The summed E-state index contributed by atoms with van der Waals surface area (Å²) in [5.74, 6) is 3.42. The van der Waals surface area contributed by atoms with Crippen LogP contribution in [0, 0.1) is 0 Å². The maximum Gasteiger partial charge on any atom is 0.261 e. The molecule has 0 amide bonds. The van der Waals surface area contributed by atoms with Crippen molar-refractivity contribution in [2.45, 2.75) is 26.2 Å². The molecule has 8 heteroatoms. The van der Waals surface area contributed by atoms with Gasteiger partial charge in [0.15, 0.2) is 0 Å². The SMILES string of the molecule is CC(C)(C)c1cc2c3c(c1)N(c1ccccc1)c1cccc4c1B3c1cc3c(cc1O2)N(c1ccccc1)c1cc(-n2c5ccccc5c5ccccc52)cc2c1B3c1c(cccc1N2c1ccccc1)O4. The van der Waals surface area contributed by atoms with E-state index in [1.165, 1.54) is 27.3 Å². The van der Waals surface area contributed by atoms with Gasteiger partial charge in [-0.2, -0.15) is 0 Å². The van der Waals surface area contributed by atoms with Crippen LogP contribution in [0.5, 0.6) is 23.0 Å². The van der Waals surface area contributed by atoms with Crippen molar-refractivity contribution in [2.75, 3.05) is 14.7 Å². The van der Waals surface area contributed by atoms with Gasteiger partial charge in [0.2, 0.25) is 0 Å². The molecule has 5 aliphatic rings. The highest BCUT2D eigenvalue weighted by atomic mass is 16.5. The van der Waals surface area contributed by atoms with Gasteiger partial charge < -0.3 is 28.7 Å². The van der Waals surface area contributed by atoms with Crippen molar-refractivity contribution in [3.05, 3.63) is 218 Å². The molecule has 0 saturated heterocycles. The molecular weight excluding hydrogens is 878 g/mol. The summed E-state index contributed by atoms with van der Waals surface area (Å²) in [6.45, 7) is 6.49. The van der Waals surface area contributed by atoms with Gasteiger partial charge in [0.25, 0.3) is 13.4 Å². The molecule has 2 bridgehead atoms. The van der Waals surface area contributed by atoms with Crippen LogP contribution in [0.2, 0.25) is 0 Å². The number of rotatable bonds is 4. The zero-order chi connectivity index (χ0) is 47.6. The Bertz CT molecular complexity index is 4080. The minimum Gasteiger partial charge on any atom is -0.458 e. The van der Waals surface area contributed by atoms with Gasteiger partial charge in [-0.1, -0.05) is 130 Å². The number of fused-ring (bicyclic) bond motifs is 3. The van der Waals surface area contributed by atoms with Crippen molar-refractivity contribution >= 4 is 119 Å². The first-order valence-corrected chi connectivity index (χ1v) is 25.1. The third-order valence-electron chi connectivity index (χ3n) is 15.9. The van der Waals surface area contributed by atoms with Crippen molar-refractivity contribution in [1.82, 2.24) is 4.57 Å². The predicted molar refractivity (Wildman–Crippen MR) is 299 cm³/mol. The molecule has 0 N–H and O–H groups in total. The molecule has 0 fully saturated rings. The van der Waals surface area contributed by atoms with Crippen LogP contribution in [-0.4, -0.2) is 18.0 Å². The third kappa shape index (κ3) is 5.36. The van der Waals surface area contributed by atoms with Gasteiger partial charge in [-0.25, -0.2) is 0 Å². The summed E-state index contributed by atoms with van der Waals surface area (Å²) < 4.78 is 17.6. The number of anilines is 9. The Morgan fingerprint density at radius 1 is 0.333 bits per heavy atom. The number of hydrogen-bond donors (Lipinski definition) is 0. The van der Waals surface area contributed by atoms with Gasteiger partial charge in [-0.3, -0.25) is 0 Å². The summed E-state index contributed by atoms with van der Waals surface area (Å²) in [5, 5.41) is 2.45. The lowest BCUT2D eigenvalue weighted by molar-refractivity contribution is 0.482. The quantitative estimate of drug-likeness (QED) is 0.164. The summed E-state index contributed by atoms with van der Waals surface area (Å²) in [6, 6.07) is 77.8. The number of nitrogens with zero attached hydrogens (tertiary/aromatic N) is 4. The lowest BCUT2D eigenvalue weighted by Gasteiger charge is -2.46. The van der Waals surface area contributed by atoms with Crippen LogP contribution in [-0.2, 0) is 5.41 Å². The molecule has 1 aromatic heterocycles. The Kier molecular flexibility index (Phi) is 7.96. The first-order valence-electron chi connectivity index (χ1n) is 25.1. The van der Waals surface area contributed by atoms with E-state index in [4.69, 9.17) is 9.47 Å². The van der Waals surface area contributed by atoms with Gasteiger partial charge in [0.05, 0.1) is 16.7 Å². The number of para-hydroxylation sites is 5. The van der Waals surface area contributed by atoms with E-state index in [2.05, 4.69) is 252 Å². The van der Waals surface area contributed by atoms with Crippen LogP contribution in [0.3, 0.4) is 0 Å². The minimum atomic E-state index is -0.202. The summed E-state index contributed by atoms with van der Waals surface area (Å²) in [7, 11) is 0. The highest BCUT2D eigenvalue weighted by Crippen LogP contribution is 2.50. The van der Waals surface area contributed by atoms with E-state index in [0.717, 1.165) is 113 Å². The van der Waals surface area contributed by atoms with Crippen molar-refractivity contribution in [3.8, 4) is 28.7 Å². The van der Waals surface area contributed by atoms with Crippen LogP contribution in [0.4, 0.5) is 51.2 Å². The zero-order valence-electron chi connectivity index (χ0n) is 40.0. The number of aromatic nitrogens is 1. The van der Waals surface area contributed by atoms with Crippen LogP contribution in [0.25, 0.3) is 27.5 Å². The standard InChI is InChI=1S/C64H44B2N4O2/c1-64(2,3)39-33-53-63-59(34-39)72-58-38-52-46-37-47(58)66(63)62-51(67(53)40-19-7-4-8-20-40)30-18-32-57(62)71-56-31-17-29-50-61(56)65(46)60-54(68(50)41-21-9-5-10-22-41)35-43(36-55(60)69(52)42-23-11-6-12-24-42)70-48-27-15-13-25-44(48)45-26-14-16-28-49(45)70/h4-38H,1-3H3. The van der Waals surface area contributed by atoms with Crippen molar-refractivity contribution in [3.63, 3.8) is 0 Å². The molecule has 16 rings (SSSR count). The first kappa shape index (κ1) is 39.9. The Hall–Kier alpha value is -8.87. The zero-order valence-corrected chi connectivity index (χ0v) is 40.0. The fraction of sp³-hybridized carbons (Fsp3) is 0.0625. The van der Waals surface area contributed by atoms with Crippen LogP contribution >= 0.6 is 0 Å². The van der Waals surface area contributed by atoms with Crippen LogP contribution < -0.4 is 57.0 Å². The topological polar surface area (TPSA) is 33.1 Å². The maximum atomic E-state index is 7.67. The Morgan fingerprint density at radius 2 is 0.792 bits per heavy atom. The molecule has 72 heavy (non-hydrogen) atoms. The normalized spacial score (nSPS) is 14.1. The Morgan fingerprint density at radius 3 is 1.33 bits per heavy atom. The molecule has 5 aliphatic heterocycles. The van der Waals surface area contributed by atoms with Gasteiger partial charge in [0.1, 0.15) is 23.0 Å². The lowest BCUT2D eigenvalue weighted by Crippen LogP contribution is -2.65. The second kappa shape index (κ2) is 14.4. The lowest BCUT2D eigenvalue weighted by atomic mass is 9.30. The molecule has 0 unspecified atom stereocenters. The van der Waals surface area contributed by atoms with E-state index in [0.29, 0.717) is 0 Å². The Labute approximate surface area is 418 Å². The molecular formula is C64H44B2N4O2. The van der Waals surface area contributed by atoms with E-state index in [1.54, 1.807) is 0 Å². The number of hydrogen-bond acceptors (Lipinski definition) is 5. The Balaban J connectivity index is 1.06. The highest BCUT2D eigenvalue weighted by molar-refractivity contribution is 7.03. The van der Waals surface area contributed by atoms with E-state index >= 15 is 0 Å². The average Bonchev–Trinajstić information content (AvgIpc) is 3.75.